The lowest BCUT2D eigenvalue weighted by Gasteiger charge is -2.52. The van der Waals surface area contributed by atoms with Gasteiger partial charge in [-0.2, -0.15) is 0 Å². The second kappa shape index (κ2) is 9.75. The molecule has 5 rings (SSSR count). The van der Waals surface area contributed by atoms with Gasteiger partial charge in [0, 0.05) is 31.6 Å². The number of amides is 3. The zero-order valence-corrected chi connectivity index (χ0v) is 22.5. The molecule has 3 aliphatic carbocycles. The molecule has 1 saturated heterocycles. The van der Waals surface area contributed by atoms with Gasteiger partial charge >= 0.3 is 6.03 Å². The topological polar surface area (TPSA) is 199 Å². The molecule has 0 radical (unpaired) electrons. The van der Waals surface area contributed by atoms with Gasteiger partial charge in [-0.05, 0) is 51.4 Å². The molecule has 4 aliphatic rings. The van der Waals surface area contributed by atoms with Crippen molar-refractivity contribution in [1.82, 2.24) is 15.1 Å². The molecule has 1 aromatic carbocycles. The van der Waals surface area contributed by atoms with Gasteiger partial charge in [0.25, 0.3) is 0 Å². The van der Waals surface area contributed by atoms with Crippen LogP contribution in [0.5, 0.6) is 5.75 Å². The number of phenolic OH excluding ortho intramolecular Hbond substituents is 1. The number of Topliss-reactive ketones (excluding diaryl/α,β-unsaturated/α-hetero) is 4. The number of fused-ring (bicyclic) bond motifs is 3. The van der Waals surface area contributed by atoms with E-state index in [9.17, 15) is 39.0 Å². The minimum absolute atomic E-state index is 0.0117. The number of aromatic hydroxyl groups is 1. The number of carbonyl (C=O) groups is 6. The second-order valence-corrected chi connectivity index (χ2v) is 11.5. The molecule has 7 atom stereocenters. The predicted molar refractivity (Wildman–Crippen MR) is 139 cm³/mol. The summed E-state index contributed by atoms with van der Waals surface area (Å²) in [6.45, 7) is 3.44. The first kappa shape index (κ1) is 27.9. The Morgan fingerprint density at radius 3 is 2.50 bits per heavy atom. The van der Waals surface area contributed by atoms with Gasteiger partial charge in [-0.3, -0.25) is 28.9 Å². The third kappa shape index (κ3) is 4.02. The molecule has 0 bridgehead atoms. The fourth-order valence-corrected chi connectivity index (χ4v) is 6.99. The van der Waals surface area contributed by atoms with Crippen LogP contribution in [-0.2, 0) is 25.6 Å². The molecule has 214 valence electrons. The van der Waals surface area contributed by atoms with Crippen molar-refractivity contribution in [1.29, 1.82) is 0 Å². The summed E-state index contributed by atoms with van der Waals surface area (Å²) < 4.78 is 0. The molecule has 3 fully saturated rings. The quantitative estimate of drug-likeness (QED) is 0.220. The van der Waals surface area contributed by atoms with E-state index >= 15 is 0 Å². The molecular formula is C27H33N5O8. The van der Waals surface area contributed by atoms with Crippen LogP contribution in [0, 0.1) is 23.7 Å². The van der Waals surface area contributed by atoms with Crippen LogP contribution in [0.2, 0.25) is 0 Å². The van der Waals surface area contributed by atoms with E-state index in [1.165, 1.54) is 25.1 Å². The highest BCUT2D eigenvalue weighted by Crippen LogP contribution is 2.51. The highest BCUT2D eigenvalue weighted by Gasteiger charge is 2.69. The molecule has 13 nitrogen and oxygen atoms in total. The van der Waals surface area contributed by atoms with Crippen LogP contribution >= 0.6 is 0 Å². The molecular weight excluding hydrogens is 522 g/mol. The van der Waals surface area contributed by atoms with Gasteiger partial charge in [0.05, 0.1) is 23.2 Å². The fourth-order valence-electron chi connectivity index (χ4n) is 6.99. The molecule has 40 heavy (non-hydrogen) atoms. The predicted octanol–water partition coefficient (Wildman–Crippen LogP) is -1.31. The number of primary amides is 1. The summed E-state index contributed by atoms with van der Waals surface area (Å²) in [6, 6.07) is 1.55. The lowest BCUT2D eigenvalue weighted by molar-refractivity contribution is -0.181. The molecule has 5 unspecified atom stereocenters. The SMILES string of the molecule is CC1CN(C(=O)Nc2ccc3c(c2O)C(=O)C2C(=O)[C@]4(O)C(=O)C(C(N)=O)C(=O)[C@@H](N(C)C)C4CC2C3)CCN1. The summed E-state index contributed by atoms with van der Waals surface area (Å²) in [5.74, 6) is -11.2. The van der Waals surface area contributed by atoms with Crippen LogP contribution in [0.3, 0.4) is 0 Å². The van der Waals surface area contributed by atoms with Gasteiger partial charge in [-0.15, -0.1) is 0 Å². The van der Waals surface area contributed by atoms with Gasteiger partial charge in [-0.25, -0.2) is 4.79 Å². The van der Waals surface area contributed by atoms with Crippen molar-refractivity contribution in [3.8, 4) is 5.75 Å². The van der Waals surface area contributed by atoms with Crippen molar-refractivity contribution in [2.45, 2.75) is 37.5 Å². The summed E-state index contributed by atoms with van der Waals surface area (Å²) >= 11 is 0. The first-order valence-corrected chi connectivity index (χ1v) is 13.3. The van der Waals surface area contributed by atoms with Gasteiger partial charge in [0.15, 0.2) is 34.7 Å². The number of phenols is 1. The van der Waals surface area contributed by atoms with Crippen molar-refractivity contribution in [2.75, 3.05) is 39.0 Å². The summed E-state index contributed by atoms with van der Waals surface area (Å²) in [7, 11) is 3.06. The summed E-state index contributed by atoms with van der Waals surface area (Å²) in [4.78, 5) is 82.0. The molecule has 2 saturated carbocycles. The monoisotopic (exact) mass is 555 g/mol. The summed E-state index contributed by atoms with van der Waals surface area (Å²) in [5, 5.41) is 28.6. The maximum Gasteiger partial charge on any atom is 0.322 e. The number of nitrogens with zero attached hydrogens (tertiary/aromatic N) is 2. The van der Waals surface area contributed by atoms with E-state index in [2.05, 4.69) is 10.6 Å². The van der Waals surface area contributed by atoms with E-state index in [-0.39, 0.29) is 30.1 Å². The van der Waals surface area contributed by atoms with Crippen LogP contribution in [0.1, 0.15) is 29.3 Å². The van der Waals surface area contributed by atoms with E-state index in [0.717, 1.165) is 0 Å². The summed E-state index contributed by atoms with van der Waals surface area (Å²) in [5.41, 5.74) is 2.82. The number of aliphatic hydroxyl groups is 1. The van der Waals surface area contributed by atoms with Crippen LogP contribution in [0.25, 0.3) is 0 Å². The Hall–Kier alpha value is -3.68. The standard InChI is InChI=1S/C27H33N5O8/c1-11-10-32(7-6-29-11)26(39)30-15-5-4-12-8-13-9-14-19(31(2)3)22(35)18(25(28)38)24(37)27(14,40)23(36)17(13)21(34)16(12)20(15)33/h4-5,11,13-14,17-19,29,33,40H,6-10H2,1-3H3,(H2,28,38)(H,30,39)/t11?,13?,14?,17?,18?,19-,27-/m0/s1. The largest absolute Gasteiger partial charge is 0.505 e. The number of nitrogens with one attached hydrogen (secondary N) is 2. The molecule has 1 aromatic rings. The number of rotatable bonds is 3. The Balaban J connectivity index is 1.50. The van der Waals surface area contributed by atoms with Crippen molar-refractivity contribution < 1.29 is 39.0 Å². The summed E-state index contributed by atoms with van der Waals surface area (Å²) in [6.07, 6.45) is 0.132. The number of carbonyl (C=O) groups excluding carboxylic acids is 6. The number of urea groups is 1. The highest BCUT2D eigenvalue weighted by atomic mass is 16.3. The number of piperazine rings is 1. The molecule has 1 heterocycles. The van der Waals surface area contributed by atoms with Gasteiger partial charge < -0.3 is 31.5 Å². The zero-order chi connectivity index (χ0) is 29.3. The highest BCUT2D eigenvalue weighted by molar-refractivity contribution is 6.32. The van der Waals surface area contributed by atoms with Gasteiger partial charge in [-0.1, -0.05) is 6.07 Å². The lowest BCUT2D eigenvalue weighted by Crippen LogP contribution is -2.74. The first-order valence-electron chi connectivity index (χ1n) is 13.3. The van der Waals surface area contributed by atoms with E-state index in [1.807, 2.05) is 6.92 Å². The van der Waals surface area contributed by atoms with Gasteiger partial charge in [0.2, 0.25) is 5.91 Å². The van der Waals surface area contributed by atoms with Crippen LogP contribution in [0.15, 0.2) is 12.1 Å². The molecule has 1 aliphatic heterocycles. The average Bonchev–Trinajstić information content (AvgIpc) is 2.87. The zero-order valence-electron chi connectivity index (χ0n) is 22.5. The van der Waals surface area contributed by atoms with E-state index in [4.69, 9.17) is 5.73 Å². The third-order valence-electron chi connectivity index (χ3n) is 8.83. The third-order valence-corrected chi connectivity index (χ3v) is 8.83. The normalized spacial score (nSPS) is 33.8. The van der Waals surface area contributed by atoms with Crippen molar-refractivity contribution in [3.05, 3.63) is 23.3 Å². The van der Waals surface area contributed by atoms with Crippen molar-refractivity contribution in [2.24, 2.45) is 29.4 Å². The molecule has 3 amide bonds. The minimum Gasteiger partial charge on any atom is -0.505 e. The number of hydrogen-bond donors (Lipinski definition) is 5. The number of ketones is 4. The number of hydrogen-bond acceptors (Lipinski definition) is 10. The van der Waals surface area contributed by atoms with Crippen molar-refractivity contribution in [3.63, 3.8) is 0 Å². The second-order valence-electron chi connectivity index (χ2n) is 11.5. The Bertz CT molecular complexity index is 1340. The smallest absolute Gasteiger partial charge is 0.322 e. The fraction of sp³-hybridized carbons (Fsp3) is 0.556. The maximum atomic E-state index is 13.9. The van der Waals surface area contributed by atoms with E-state index < -0.39 is 76.1 Å². The maximum absolute atomic E-state index is 13.9. The Labute approximate surface area is 230 Å². The van der Waals surface area contributed by atoms with Crippen LogP contribution in [-0.4, -0.2) is 106 Å². The number of anilines is 1. The minimum atomic E-state index is -2.78. The Morgan fingerprint density at radius 2 is 1.88 bits per heavy atom. The number of benzene rings is 1. The Morgan fingerprint density at radius 1 is 1.18 bits per heavy atom. The molecule has 0 spiro atoms. The van der Waals surface area contributed by atoms with Gasteiger partial charge in [0.1, 0.15) is 5.75 Å². The number of likely N-dealkylation sites (N-methyl/N-ethyl adjacent to an activating group) is 1. The molecule has 0 aromatic heterocycles. The Kier molecular flexibility index (Phi) is 6.79. The van der Waals surface area contributed by atoms with Crippen LogP contribution in [0.4, 0.5) is 10.5 Å². The lowest BCUT2D eigenvalue weighted by atomic mass is 9.52. The molecule has 6 N–H and O–H groups in total. The van der Waals surface area contributed by atoms with E-state index in [0.29, 0.717) is 25.2 Å². The van der Waals surface area contributed by atoms with Crippen LogP contribution < -0.4 is 16.4 Å². The van der Waals surface area contributed by atoms with Crippen molar-refractivity contribution >= 4 is 40.8 Å². The first-order chi connectivity index (χ1) is 18.8. The molecule has 13 heteroatoms. The van der Waals surface area contributed by atoms with E-state index in [1.54, 1.807) is 11.0 Å². The average molecular weight is 556 g/mol. The number of nitrogens with two attached hydrogens (primary N) is 1.